The molecule has 0 aliphatic carbocycles. The Morgan fingerprint density at radius 2 is 1.55 bits per heavy atom. The van der Waals surface area contributed by atoms with E-state index in [1.54, 1.807) is 13.8 Å². The first kappa shape index (κ1) is 15.7. The van der Waals surface area contributed by atoms with Crippen molar-refractivity contribution in [3.8, 4) is 0 Å². The molecule has 0 aliphatic heterocycles. The van der Waals surface area contributed by atoms with Gasteiger partial charge in [-0.25, -0.2) is 9.79 Å². The molecule has 0 saturated heterocycles. The molecule has 2 aromatic carbocycles. The molecule has 112 valence electrons. The SMILES string of the molecule is CCOC(=O)C(C)N=C=C(c1ccccc1)c1ccccc1. The summed E-state index contributed by atoms with van der Waals surface area (Å²) in [5.74, 6) is 2.69. The van der Waals surface area contributed by atoms with Crippen LogP contribution in [0.25, 0.3) is 5.57 Å². The van der Waals surface area contributed by atoms with Gasteiger partial charge < -0.3 is 4.74 Å². The van der Waals surface area contributed by atoms with Crippen molar-refractivity contribution in [3.05, 3.63) is 71.8 Å². The number of ether oxygens (including phenoxy) is 1. The second-order valence-corrected chi connectivity index (χ2v) is 4.78. The molecule has 0 heterocycles. The van der Waals surface area contributed by atoms with E-state index in [0.717, 1.165) is 16.7 Å². The molecule has 3 nitrogen and oxygen atoms in total. The standard InChI is InChI=1S/C19H19NO2/c1-3-22-19(21)15(2)20-14-18(16-10-6-4-7-11-16)17-12-8-5-9-13-17/h4-13,15H,3H2,1-2H3. The highest BCUT2D eigenvalue weighted by molar-refractivity contribution is 5.99. The summed E-state index contributed by atoms with van der Waals surface area (Å²) in [7, 11) is 0. The number of carbonyl (C=O) groups is 1. The number of hydrogen-bond acceptors (Lipinski definition) is 3. The highest BCUT2D eigenvalue weighted by atomic mass is 16.5. The van der Waals surface area contributed by atoms with Crippen LogP contribution < -0.4 is 0 Å². The molecule has 0 spiro atoms. The van der Waals surface area contributed by atoms with E-state index >= 15 is 0 Å². The van der Waals surface area contributed by atoms with Crippen LogP contribution >= 0.6 is 0 Å². The topological polar surface area (TPSA) is 38.7 Å². The average Bonchev–Trinajstić information content (AvgIpc) is 2.57. The zero-order chi connectivity index (χ0) is 15.8. The van der Waals surface area contributed by atoms with Crippen LogP contribution in [0.3, 0.4) is 0 Å². The fraction of sp³-hybridized carbons (Fsp3) is 0.211. The van der Waals surface area contributed by atoms with E-state index in [4.69, 9.17) is 4.74 Å². The minimum absolute atomic E-state index is 0.338. The molecule has 1 unspecified atom stereocenters. The minimum atomic E-state index is -0.567. The second kappa shape index (κ2) is 7.96. The zero-order valence-electron chi connectivity index (χ0n) is 12.8. The molecule has 0 bridgehead atoms. The first-order chi connectivity index (χ1) is 10.7. The van der Waals surface area contributed by atoms with Gasteiger partial charge in [0.1, 0.15) is 0 Å². The van der Waals surface area contributed by atoms with Crippen molar-refractivity contribution in [2.75, 3.05) is 6.61 Å². The van der Waals surface area contributed by atoms with Crippen molar-refractivity contribution >= 4 is 17.4 Å². The molecule has 2 aromatic rings. The lowest BCUT2D eigenvalue weighted by molar-refractivity contribution is -0.144. The number of rotatable bonds is 5. The predicted octanol–water partition coefficient (Wildman–Crippen LogP) is 3.74. The van der Waals surface area contributed by atoms with E-state index < -0.39 is 6.04 Å². The van der Waals surface area contributed by atoms with Crippen LogP contribution in [-0.4, -0.2) is 24.5 Å². The second-order valence-electron chi connectivity index (χ2n) is 4.78. The van der Waals surface area contributed by atoms with Gasteiger partial charge in [0.2, 0.25) is 0 Å². The van der Waals surface area contributed by atoms with Gasteiger partial charge in [-0.05, 0) is 30.8 Å². The number of hydrogen-bond donors (Lipinski definition) is 0. The summed E-state index contributed by atoms with van der Waals surface area (Å²) in [6, 6.07) is 19.2. The van der Waals surface area contributed by atoms with Gasteiger partial charge in [-0.2, -0.15) is 0 Å². The van der Waals surface area contributed by atoms with Crippen LogP contribution in [0.1, 0.15) is 25.0 Å². The normalized spacial score (nSPS) is 11.2. The molecule has 0 N–H and O–H groups in total. The fourth-order valence-corrected chi connectivity index (χ4v) is 1.98. The number of esters is 1. The molecule has 0 radical (unpaired) electrons. The van der Waals surface area contributed by atoms with Crippen LogP contribution in [0, 0.1) is 0 Å². The summed E-state index contributed by atoms with van der Waals surface area (Å²) in [6.45, 7) is 3.84. The smallest absolute Gasteiger partial charge is 0.331 e. The van der Waals surface area contributed by atoms with E-state index in [-0.39, 0.29) is 5.97 Å². The van der Waals surface area contributed by atoms with Gasteiger partial charge in [0, 0.05) is 0 Å². The maximum Gasteiger partial charge on any atom is 0.331 e. The van der Waals surface area contributed by atoms with Gasteiger partial charge in [-0.1, -0.05) is 60.7 Å². The van der Waals surface area contributed by atoms with Gasteiger partial charge in [0.05, 0.1) is 12.2 Å². The summed E-state index contributed by atoms with van der Waals surface area (Å²) < 4.78 is 4.97. The number of carbonyl (C=O) groups excluding carboxylic acids is 1. The first-order valence-corrected chi connectivity index (χ1v) is 7.32. The zero-order valence-corrected chi connectivity index (χ0v) is 12.8. The van der Waals surface area contributed by atoms with Gasteiger partial charge in [0.25, 0.3) is 0 Å². The van der Waals surface area contributed by atoms with Crippen molar-refractivity contribution in [2.45, 2.75) is 19.9 Å². The average molecular weight is 293 g/mol. The lowest BCUT2D eigenvalue weighted by Gasteiger charge is -2.06. The lowest BCUT2D eigenvalue weighted by atomic mass is 9.99. The summed E-state index contributed by atoms with van der Waals surface area (Å²) in [5.41, 5.74) is 2.87. The Hall–Kier alpha value is -2.64. The van der Waals surface area contributed by atoms with Crippen LogP contribution in [0.4, 0.5) is 0 Å². The molecule has 22 heavy (non-hydrogen) atoms. The molecular weight excluding hydrogens is 274 g/mol. The monoisotopic (exact) mass is 293 g/mol. The van der Waals surface area contributed by atoms with Crippen molar-refractivity contribution < 1.29 is 9.53 Å². The molecule has 0 aliphatic rings. The van der Waals surface area contributed by atoms with Crippen LogP contribution in [-0.2, 0) is 9.53 Å². The number of nitrogens with zero attached hydrogens (tertiary/aromatic N) is 1. The molecule has 3 heteroatoms. The third-order valence-electron chi connectivity index (χ3n) is 3.12. The van der Waals surface area contributed by atoms with E-state index in [1.165, 1.54) is 0 Å². The Kier molecular flexibility index (Phi) is 5.70. The Morgan fingerprint density at radius 1 is 1.05 bits per heavy atom. The first-order valence-electron chi connectivity index (χ1n) is 7.32. The molecular formula is C19H19NO2. The molecule has 1 atom stereocenters. The summed E-state index contributed by atoms with van der Waals surface area (Å²) in [4.78, 5) is 15.9. The fourth-order valence-electron chi connectivity index (χ4n) is 1.98. The van der Waals surface area contributed by atoms with Gasteiger partial charge in [-0.3, -0.25) is 0 Å². The molecule has 0 saturated carbocycles. The third kappa shape index (κ3) is 4.18. The minimum Gasteiger partial charge on any atom is -0.464 e. The van der Waals surface area contributed by atoms with Crippen LogP contribution in [0.15, 0.2) is 65.7 Å². The van der Waals surface area contributed by atoms with Gasteiger partial charge in [-0.15, -0.1) is 0 Å². The Labute approximate surface area is 131 Å². The van der Waals surface area contributed by atoms with Crippen molar-refractivity contribution in [3.63, 3.8) is 0 Å². The quantitative estimate of drug-likeness (QED) is 0.622. The number of aliphatic imine (C=N–C) groups is 1. The van der Waals surface area contributed by atoms with E-state index in [1.807, 2.05) is 60.7 Å². The highest BCUT2D eigenvalue weighted by Gasteiger charge is 2.11. The van der Waals surface area contributed by atoms with E-state index in [9.17, 15) is 4.79 Å². The van der Waals surface area contributed by atoms with E-state index in [0.29, 0.717) is 6.61 Å². The molecule has 0 amide bonds. The maximum absolute atomic E-state index is 11.7. The molecule has 2 rings (SSSR count). The van der Waals surface area contributed by atoms with Gasteiger partial charge in [0.15, 0.2) is 6.04 Å². The van der Waals surface area contributed by atoms with Crippen LogP contribution in [0.5, 0.6) is 0 Å². The summed E-state index contributed by atoms with van der Waals surface area (Å²) >= 11 is 0. The van der Waals surface area contributed by atoms with Crippen molar-refractivity contribution in [1.82, 2.24) is 0 Å². The van der Waals surface area contributed by atoms with E-state index in [2.05, 4.69) is 10.9 Å². The largest absolute Gasteiger partial charge is 0.464 e. The lowest BCUT2D eigenvalue weighted by Crippen LogP contribution is -2.17. The Balaban J connectivity index is 2.41. The van der Waals surface area contributed by atoms with Crippen molar-refractivity contribution in [2.24, 2.45) is 4.99 Å². The summed E-state index contributed by atoms with van der Waals surface area (Å²) in [6.07, 6.45) is 0. The Morgan fingerprint density at radius 3 is 2.00 bits per heavy atom. The third-order valence-corrected chi connectivity index (χ3v) is 3.12. The highest BCUT2D eigenvalue weighted by Crippen LogP contribution is 2.20. The maximum atomic E-state index is 11.7. The molecule has 0 fully saturated rings. The summed E-state index contributed by atoms with van der Waals surface area (Å²) in [5, 5.41) is 0. The van der Waals surface area contributed by atoms with Crippen LogP contribution in [0.2, 0.25) is 0 Å². The van der Waals surface area contributed by atoms with Gasteiger partial charge >= 0.3 is 5.97 Å². The predicted molar refractivity (Wildman–Crippen MR) is 88.9 cm³/mol. The molecule has 0 aromatic heterocycles. The van der Waals surface area contributed by atoms with Crippen molar-refractivity contribution in [1.29, 1.82) is 0 Å². The number of benzene rings is 2. The Bertz CT molecular complexity index is 630.